The van der Waals surface area contributed by atoms with Gasteiger partial charge in [0.25, 0.3) is 0 Å². The Labute approximate surface area is 171 Å². The van der Waals surface area contributed by atoms with Gasteiger partial charge in [-0.2, -0.15) is 0 Å². The van der Waals surface area contributed by atoms with Gasteiger partial charge in [-0.15, -0.1) is 11.3 Å². The first-order valence-electron chi connectivity index (χ1n) is 8.87. The van der Waals surface area contributed by atoms with E-state index in [0.29, 0.717) is 0 Å². The maximum absolute atomic E-state index is 12.5. The van der Waals surface area contributed by atoms with Gasteiger partial charge in [-0.3, -0.25) is 4.79 Å². The van der Waals surface area contributed by atoms with Crippen molar-refractivity contribution in [2.45, 2.75) is 23.8 Å². The molecule has 1 unspecified atom stereocenters. The highest BCUT2D eigenvalue weighted by molar-refractivity contribution is 8.00. The van der Waals surface area contributed by atoms with E-state index in [2.05, 4.69) is 27.5 Å². The zero-order valence-electron chi connectivity index (χ0n) is 15.2. The number of ether oxygens (including phenoxy) is 1. The zero-order valence-corrected chi connectivity index (χ0v) is 16.9. The molecular formula is C22H18N2O2S2. The van der Waals surface area contributed by atoms with Crippen LogP contribution in [0.25, 0.3) is 21.3 Å². The Balaban J connectivity index is 1.54. The monoisotopic (exact) mass is 406 g/mol. The van der Waals surface area contributed by atoms with Crippen molar-refractivity contribution in [2.75, 3.05) is 0 Å². The average Bonchev–Trinajstić information content (AvgIpc) is 3.18. The van der Waals surface area contributed by atoms with Crippen molar-refractivity contribution in [1.82, 2.24) is 9.97 Å². The van der Waals surface area contributed by atoms with Crippen LogP contribution in [0.2, 0.25) is 0 Å². The van der Waals surface area contributed by atoms with E-state index in [4.69, 9.17) is 4.74 Å². The first kappa shape index (κ1) is 18.7. The van der Waals surface area contributed by atoms with Crippen LogP contribution in [-0.2, 0) is 16.1 Å². The topological polar surface area (TPSA) is 52.1 Å². The summed E-state index contributed by atoms with van der Waals surface area (Å²) in [6, 6.07) is 19.8. The highest BCUT2D eigenvalue weighted by Gasteiger charge is 2.21. The Bertz CT molecular complexity index is 1080. The van der Waals surface area contributed by atoms with Gasteiger partial charge in [0, 0.05) is 10.9 Å². The number of aromatic nitrogens is 2. The second kappa shape index (κ2) is 8.54. The van der Waals surface area contributed by atoms with Crippen molar-refractivity contribution < 1.29 is 9.53 Å². The minimum atomic E-state index is -0.370. The predicted octanol–water partition coefficient (Wildman–Crippen LogP) is 5.58. The van der Waals surface area contributed by atoms with E-state index in [1.54, 1.807) is 17.7 Å². The van der Waals surface area contributed by atoms with Gasteiger partial charge >= 0.3 is 5.97 Å². The van der Waals surface area contributed by atoms with Crippen LogP contribution < -0.4 is 0 Å². The molecule has 6 heteroatoms. The quantitative estimate of drug-likeness (QED) is 0.238. The number of hydrogen-bond donors (Lipinski definition) is 0. The number of carbonyl (C=O) groups is 1. The van der Waals surface area contributed by atoms with Crippen LogP contribution in [-0.4, -0.2) is 21.2 Å². The van der Waals surface area contributed by atoms with Crippen molar-refractivity contribution in [3.63, 3.8) is 0 Å². The molecule has 2 aromatic carbocycles. The first-order chi connectivity index (χ1) is 13.7. The van der Waals surface area contributed by atoms with Crippen LogP contribution in [0.1, 0.15) is 12.5 Å². The molecule has 28 heavy (non-hydrogen) atoms. The predicted molar refractivity (Wildman–Crippen MR) is 114 cm³/mol. The highest BCUT2D eigenvalue weighted by atomic mass is 32.2. The Morgan fingerprint density at radius 2 is 1.79 bits per heavy atom. The maximum atomic E-state index is 12.5. The molecule has 0 fully saturated rings. The lowest BCUT2D eigenvalue weighted by Gasteiger charge is -2.12. The van der Waals surface area contributed by atoms with Gasteiger partial charge in [-0.25, -0.2) is 9.97 Å². The summed E-state index contributed by atoms with van der Waals surface area (Å²) in [6.07, 6.45) is 1.55. The summed E-state index contributed by atoms with van der Waals surface area (Å²) in [5.74, 6) is -0.253. The molecule has 4 nitrogen and oxygen atoms in total. The summed E-state index contributed by atoms with van der Waals surface area (Å²) < 4.78 is 5.47. The van der Waals surface area contributed by atoms with Gasteiger partial charge in [0.2, 0.25) is 0 Å². The maximum Gasteiger partial charge on any atom is 0.319 e. The van der Waals surface area contributed by atoms with Crippen molar-refractivity contribution in [2.24, 2.45) is 0 Å². The molecule has 2 heterocycles. The molecule has 0 amide bonds. The van der Waals surface area contributed by atoms with Crippen LogP contribution >= 0.6 is 23.1 Å². The minimum Gasteiger partial charge on any atom is -0.460 e. The van der Waals surface area contributed by atoms with Gasteiger partial charge < -0.3 is 4.74 Å². The average molecular weight is 407 g/mol. The molecule has 0 aliphatic rings. The normalized spacial score (nSPS) is 12.0. The Hall–Kier alpha value is -2.70. The second-order valence-electron chi connectivity index (χ2n) is 6.23. The molecule has 4 aromatic rings. The van der Waals surface area contributed by atoms with Crippen molar-refractivity contribution in [3.8, 4) is 11.1 Å². The zero-order chi connectivity index (χ0) is 19.3. The van der Waals surface area contributed by atoms with E-state index >= 15 is 0 Å². The first-order valence-corrected chi connectivity index (χ1v) is 10.6. The smallest absolute Gasteiger partial charge is 0.319 e. The fraction of sp³-hybridized carbons (Fsp3) is 0.136. The summed E-state index contributed by atoms with van der Waals surface area (Å²) in [4.78, 5) is 22.2. The van der Waals surface area contributed by atoms with Crippen LogP contribution in [0, 0.1) is 0 Å². The lowest BCUT2D eigenvalue weighted by atomic mass is 10.1. The molecule has 0 N–H and O–H groups in total. The van der Waals surface area contributed by atoms with E-state index in [-0.39, 0.29) is 17.8 Å². The number of hydrogen-bond acceptors (Lipinski definition) is 6. The van der Waals surface area contributed by atoms with Gasteiger partial charge in [0.1, 0.15) is 28.0 Å². The number of benzene rings is 2. The van der Waals surface area contributed by atoms with E-state index in [1.807, 2.05) is 55.5 Å². The number of rotatable bonds is 6. The third-order valence-corrected chi connectivity index (χ3v) is 6.23. The Morgan fingerprint density at radius 1 is 1.07 bits per heavy atom. The lowest BCUT2D eigenvalue weighted by molar-refractivity contribution is -0.143. The number of thioether (sulfide) groups is 1. The van der Waals surface area contributed by atoms with Gasteiger partial charge in [-0.1, -0.05) is 72.4 Å². The van der Waals surface area contributed by atoms with Crippen molar-refractivity contribution in [1.29, 1.82) is 0 Å². The summed E-state index contributed by atoms with van der Waals surface area (Å²) in [6.45, 7) is 2.12. The molecule has 1 atom stereocenters. The Kier molecular flexibility index (Phi) is 5.69. The van der Waals surface area contributed by atoms with Crippen LogP contribution in [0.5, 0.6) is 0 Å². The molecule has 0 saturated carbocycles. The van der Waals surface area contributed by atoms with Gasteiger partial charge in [0.05, 0.1) is 5.39 Å². The minimum absolute atomic E-state index is 0.253. The molecule has 0 radical (unpaired) electrons. The molecule has 4 rings (SSSR count). The fourth-order valence-electron chi connectivity index (χ4n) is 2.83. The summed E-state index contributed by atoms with van der Waals surface area (Å²) >= 11 is 3.00. The Morgan fingerprint density at radius 3 is 2.54 bits per heavy atom. The van der Waals surface area contributed by atoms with E-state index in [9.17, 15) is 4.79 Å². The third kappa shape index (κ3) is 4.08. The number of nitrogens with zero attached hydrogens (tertiary/aromatic N) is 2. The van der Waals surface area contributed by atoms with Crippen molar-refractivity contribution in [3.05, 3.63) is 77.9 Å². The summed E-state index contributed by atoms with van der Waals surface area (Å²) in [5.41, 5.74) is 3.18. The fourth-order valence-corrected chi connectivity index (χ4v) is 4.74. The van der Waals surface area contributed by atoms with Crippen LogP contribution in [0.15, 0.2) is 77.4 Å². The molecule has 0 aliphatic carbocycles. The van der Waals surface area contributed by atoms with E-state index in [1.165, 1.54) is 11.8 Å². The molecule has 0 saturated heterocycles. The second-order valence-corrected chi connectivity index (χ2v) is 8.42. The SMILES string of the molecule is CC(Sc1ncnc2scc(-c3ccccc3)c12)C(=O)OCc1ccccc1. The largest absolute Gasteiger partial charge is 0.460 e. The standard InChI is InChI=1S/C22H18N2O2S2/c1-15(22(25)26-12-16-8-4-2-5-9-16)28-21-19-18(17-10-6-3-7-11-17)13-27-20(19)23-14-24-21/h2-11,13-15H,12H2,1H3. The summed E-state index contributed by atoms with van der Waals surface area (Å²) in [7, 11) is 0. The molecule has 2 aromatic heterocycles. The highest BCUT2D eigenvalue weighted by Crippen LogP contribution is 2.39. The van der Waals surface area contributed by atoms with Crippen LogP contribution in [0.4, 0.5) is 0 Å². The third-order valence-electron chi connectivity index (χ3n) is 4.26. The van der Waals surface area contributed by atoms with Gasteiger partial charge in [0.15, 0.2) is 0 Å². The molecular weight excluding hydrogens is 388 g/mol. The molecule has 140 valence electrons. The van der Waals surface area contributed by atoms with Crippen LogP contribution in [0.3, 0.4) is 0 Å². The number of carbonyl (C=O) groups excluding carboxylic acids is 1. The molecule has 0 bridgehead atoms. The summed E-state index contributed by atoms with van der Waals surface area (Å²) in [5, 5.41) is 3.52. The van der Waals surface area contributed by atoms with Gasteiger partial charge in [-0.05, 0) is 18.1 Å². The van der Waals surface area contributed by atoms with E-state index < -0.39 is 0 Å². The number of thiophene rings is 1. The number of esters is 1. The molecule has 0 spiro atoms. The molecule has 0 aliphatic heterocycles. The van der Waals surface area contributed by atoms with Crippen molar-refractivity contribution >= 4 is 39.3 Å². The number of fused-ring (bicyclic) bond motifs is 1. The van der Waals surface area contributed by atoms with E-state index in [0.717, 1.165) is 31.9 Å². The lowest BCUT2D eigenvalue weighted by Crippen LogP contribution is -2.17.